The lowest BCUT2D eigenvalue weighted by Gasteiger charge is -2.19. The van der Waals surface area contributed by atoms with Crippen LogP contribution in [0, 0.1) is 19.7 Å². The number of carbonyl (C=O) groups is 1. The summed E-state index contributed by atoms with van der Waals surface area (Å²) >= 11 is 0. The van der Waals surface area contributed by atoms with Gasteiger partial charge < -0.3 is 5.32 Å². The minimum atomic E-state index is -3.81. The molecule has 3 aromatic rings. The molecule has 0 bridgehead atoms. The van der Waals surface area contributed by atoms with Crippen LogP contribution in [-0.2, 0) is 9.84 Å². The summed E-state index contributed by atoms with van der Waals surface area (Å²) in [6.07, 6.45) is 3.02. The van der Waals surface area contributed by atoms with Crippen LogP contribution in [0.3, 0.4) is 0 Å². The Morgan fingerprint density at radius 2 is 1.86 bits per heavy atom. The number of sulfone groups is 1. The second-order valence-electron chi connectivity index (χ2n) is 6.79. The van der Waals surface area contributed by atoms with Crippen LogP contribution in [0.5, 0.6) is 0 Å². The van der Waals surface area contributed by atoms with E-state index in [1.54, 1.807) is 36.5 Å². The quantitative estimate of drug-likeness (QED) is 0.668. The third kappa shape index (κ3) is 4.68. The van der Waals surface area contributed by atoms with Crippen molar-refractivity contribution in [1.82, 2.24) is 10.3 Å². The standard InChI is InChI=1S/C22H21FN2O3S/c1-15-8-9-20(11-16(15)2)29(27,28)21(18-6-4-10-24-13-18)14-25-22(26)17-5-3-7-19(23)12-17/h3-13,21H,14H2,1-2H3,(H,25,26)/t21-/m1/s1. The van der Waals surface area contributed by atoms with Crippen molar-refractivity contribution in [2.24, 2.45) is 0 Å². The van der Waals surface area contributed by atoms with Crippen LogP contribution in [0.4, 0.5) is 4.39 Å². The van der Waals surface area contributed by atoms with E-state index in [9.17, 15) is 17.6 Å². The van der Waals surface area contributed by atoms with E-state index in [0.717, 1.165) is 17.2 Å². The zero-order valence-electron chi connectivity index (χ0n) is 16.1. The van der Waals surface area contributed by atoms with E-state index in [1.807, 2.05) is 13.8 Å². The minimum Gasteiger partial charge on any atom is -0.350 e. The third-order valence-electron chi connectivity index (χ3n) is 4.77. The molecular formula is C22H21FN2O3S. The van der Waals surface area contributed by atoms with Gasteiger partial charge in [0, 0.05) is 24.5 Å². The fourth-order valence-electron chi connectivity index (χ4n) is 2.95. The maximum Gasteiger partial charge on any atom is 0.251 e. The first kappa shape index (κ1) is 20.7. The van der Waals surface area contributed by atoms with Gasteiger partial charge in [-0.15, -0.1) is 0 Å². The summed E-state index contributed by atoms with van der Waals surface area (Å²) < 4.78 is 40.1. The van der Waals surface area contributed by atoms with Gasteiger partial charge >= 0.3 is 0 Å². The van der Waals surface area contributed by atoms with Gasteiger partial charge in [0.15, 0.2) is 9.84 Å². The first-order chi connectivity index (χ1) is 13.8. The van der Waals surface area contributed by atoms with E-state index in [-0.39, 0.29) is 17.0 Å². The smallest absolute Gasteiger partial charge is 0.251 e. The number of halogens is 1. The molecule has 1 atom stereocenters. The molecule has 0 unspecified atom stereocenters. The van der Waals surface area contributed by atoms with Crippen LogP contribution < -0.4 is 5.32 Å². The maximum absolute atomic E-state index is 13.4. The zero-order chi connectivity index (χ0) is 21.0. The molecular weight excluding hydrogens is 391 g/mol. The van der Waals surface area contributed by atoms with Crippen molar-refractivity contribution in [3.05, 3.63) is 95.1 Å². The van der Waals surface area contributed by atoms with Crippen LogP contribution in [0.1, 0.15) is 32.3 Å². The van der Waals surface area contributed by atoms with Gasteiger partial charge in [-0.05, 0) is 66.9 Å². The number of pyridine rings is 1. The van der Waals surface area contributed by atoms with E-state index < -0.39 is 26.8 Å². The molecule has 1 N–H and O–H groups in total. The molecule has 0 radical (unpaired) electrons. The Labute approximate surface area is 169 Å². The molecule has 7 heteroatoms. The highest BCUT2D eigenvalue weighted by molar-refractivity contribution is 7.91. The van der Waals surface area contributed by atoms with Crippen LogP contribution in [-0.4, -0.2) is 25.9 Å². The number of nitrogens with one attached hydrogen (secondary N) is 1. The molecule has 0 aliphatic rings. The van der Waals surface area contributed by atoms with Crippen LogP contribution >= 0.6 is 0 Å². The summed E-state index contributed by atoms with van der Waals surface area (Å²) in [5, 5.41) is 1.58. The van der Waals surface area contributed by atoms with E-state index in [0.29, 0.717) is 5.56 Å². The Kier molecular flexibility index (Phi) is 6.08. The fraction of sp³-hybridized carbons (Fsp3) is 0.182. The predicted octanol–water partition coefficient (Wildman–Crippen LogP) is 3.78. The van der Waals surface area contributed by atoms with E-state index in [4.69, 9.17) is 0 Å². The number of nitrogens with zero attached hydrogens (tertiary/aromatic N) is 1. The lowest BCUT2D eigenvalue weighted by Crippen LogP contribution is -2.32. The largest absolute Gasteiger partial charge is 0.350 e. The summed E-state index contributed by atoms with van der Waals surface area (Å²) in [4.78, 5) is 16.6. The fourth-order valence-corrected chi connectivity index (χ4v) is 4.67. The zero-order valence-corrected chi connectivity index (χ0v) is 16.9. The number of hydrogen-bond acceptors (Lipinski definition) is 4. The molecule has 1 heterocycles. The number of amides is 1. The molecule has 0 fully saturated rings. The number of hydrogen-bond donors (Lipinski definition) is 1. The summed E-state index contributed by atoms with van der Waals surface area (Å²) in [6.45, 7) is 3.58. The highest BCUT2D eigenvalue weighted by atomic mass is 32.2. The van der Waals surface area contributed by atoms with Gasteiger partial charge in [0.2, 0.25) is 0 Å². The van der Waals surface area contributed by atoms with Gasteiger partial charge in [-0.25, -0.2) is 12.8 Å². The Morgan fingerprint density at radius 1 is 1.07 bits per heavy atom. The molecule has 0 saturated carbocycles. The Morgan fingerprint density at radius 3 is 2.52 bits per heavy atom. The molecule has 1 amide bonds. The Balaban J connectivity index is 1.93. The van der Waals surface area contributed by atoms with Gasteiger partial charge in [0.25, 0.3) is 5.91 Å². The predicted molar refractivity (Wildman–Crippen MR) is 109 cm³/mol. The molecule has 29 heavy (non-hydrogen) atoms. The SMILES string of the molecule is Cc1ccc(S(=O)(=O)[C@H](CNC(=O)c2cccc(F)c2)c2cccnc2)cc1C. The van der Waals surface area contributed by atoms with Crippen molar-refractivity contribution in [2.45, 2.75) is 24.0 Å². The number of benzene rings is 2. The van der Waals surface area contributed by atoms with Crippen molar-refractivity contribution in [3.8, 4) is 0 Å². The minimum absolute atomic E-state index is 0.124. The summed E-state index contributed by atoms with van der Waals surface area (Å²) in [5.74, 6) is -1.09. The van der Waals surface area contributed by atoms with Crippen molar-refractivity contribution in [3.63, 3.8) is 0 Å². The molecule has 0 aliphatic carbocycles. The molecule has 2 aromatic carbocycles. The number of aryl methyl sites for hydroxylation is 2. The van der Waals surface area contributed by atoms with Gasteiger partial charge in [0.05, 0.1) is 4.90 Å². The summed E-state index contributed by atoms with van der Waals surface area (Å²) in [5.41, 5.74) is 2.44. The van der Waals surface area contributed by atoms with Crippen molar-refractivity contribution < 1.29 is 17.6 Å². The topological polar surface area (TPSA) is 76.1 Å². The third-order valence-corrected chi connectivity index (χ3v) is 6.87. The molecule has 1 aromatic heterocycles. The average molecular weight is 412 g/mol. The molecule has 5 nitrogen and oxygen atoms in total. The Bertz CT molecular complexity index is 1130. The van der Waals surface area contributed by atoms with Gasteiger partial charge in [-0.2, -0.15) is 0 Å². The van der Waals surface area contributed by atoms with Crippen LogP contribution in [0.25, 0.3) is 0 Å². The van der Waals surface area contributed by atoms with Crippen molar-refractivity contribution in [1.29, 1.82) is 0 Å². The highest BCUT2D eigenvalue weighted by Gasteiger charge is 2.30. The lowest BCUT2D eigenvalue weighted by atomic mass is 10.1. The first-order valence-corrected chi connectivity index (χ1v) is 10.6. The lowest BCUT2D eigenvalue weighted by molar-refractivity contribution is 0.0953. The van der Waals surface area contributed by atoms with Crippen molar-refractivity contribution >= 4 is 15.7 Å². The van der Waals surface area contributed by atoms with Gasteiger partial charge in [0.1, 0.15) is 11.1 Å². The molecule has 0 spiro atoms. The number of aromatic nitrogens is 1. The van der Waals surface area contributed by atoms with E-state index >= 15 is 0 Å². The van der Waals surface area contributed by atoms with Crippen molar-refractivity contribution in [2.75, 3.05) is 6.54 Å². The highest BCUT2D eigenvalue weighted by Crippen LogP contribution is 2.29. The molecule has 150 valence electrons. The molecule has 0 aliphatic heterocycles. The summed E-state index contributed by atoms with van der Waals surface area (Å²) in [6, 6.07) is 13.5. The second-order valence-corrected chi connectivity index (χ2v) is 8.92. The first-order valence-electron chi connectivity index (χ1n) is 9.04. The van der Waals surface area contributed by atoms with E-state index in [1.165, 1.54) is 24.4 Å². The van der Waals surface area contributed by atoms with Gasteiger partial charge in [-0.3, -0.25) is 9.78 Å². The van der Waals surface area contributed by atoms with Gasteiger partial charge in [-0.1, -0.05) is 18.2 Å². The van der Waals surface area contributed by atoms with Crippen LogP contribution in [0.15, 0.2) is 71.9 Å². The monoisotopic (exact) mass is 412 g/mol. The van der Waals surface area contributed by atoms with E-state index in [2.05, 4.69) is 10.3 Å². The number of rotatable bonds is 6. The molecule has 0 saturated heterocycles. The normalized spacial score (nSPS) is 12.4. The summed E-state index contributed by atoms with van der Waals surface area (Å²) in [7, 11) is -3.81. The average Bonchev–Trinajstić information content (AvgIpc) is 2.70. The Hall–Kier alpha value is -3.06. The maximum atomic E-state index is 13.4. The molecule has 3 rings (SSSR count). The van der Waals surface area contributed by atoms with Crippen LogP contribution in [0.2, 0.25) is 0 Å². The number of carbonyl (C=O) groups excluding carboxylic acids is 1. The second kappa shape index (κ2) is 8.53.